The summed E-state index contributed by atoms with van der Waals surface area (Å²) in [6.07, 6.45) is 4.24. The molecule has 144 valence electrons. The Labute approximate surface area is 158 Å². The van der Waals surface area contributed by atoms with Gasteiger partial charge in [0.1, 0.15) is 6.04 Å². The summed E-state index contributed by atoms with van der Waals surface area (Å²) < 4.78 is 0. The van der Waals surface area contributed by atoms with E-state index < -0.39 is 23.8 Å². The Kier molecular flexibility index (Phi) is 6.21. The van der Waals surface area contributed by atoms with Gasteiger partial charge in [0.2, 0.25) is 5.91 Å². The summed E-state index contributed by atoms with van der Waals surface area (Å²) in [4.78, 5) is 54.6. The van der Waals surface area contributed by atoms with Gasteiger partial charge in [0.25, 0.3) is 11.8 Å². The molecule has 1 aromatic carbocycles. The van der Waals surface area contributed by atoms with Crippen LogP contribution in [0.3, 0.4) is 0 Å². The molecular weight excluding hydrogens is 348 g/mol. The Balaban J connectivity index is 1.46. The molecule has 2 aliphatic heterocycles. The first kappa shape index (κ1) is 19.1. The Bertz CT molecular complexity index is 702. The molecule has 3 rings (SSSR count). The first-order chi connectivity index (χ1) is 13.1. The fraction of sp³-hybridized carbons (Fsp3) is 0.500. The number of hydroxylamine groups is 2. The average Bonchev–Trinajstić information content (AvgIpc) is 3.28. The predicted octanol–water partition coefficient (Wildman–Crippen LogP) is 2.00. The number of carbonyl (C=O) groups excluding carboxylic acids is 4. The smallest absolute Gasteiger partial charge is 0.329 e. The molecular formula is C20H24N2O5. The molecule has 2 saturated heterocycles. The van der Waals surface area contributed by atoms with Crippen molar-refractivity contribution < 1.29 is 24.0 Å². The number of rotatable bonds is 7. The van der Waals surface area contributed by atoms with Crippen LogP contribution in [0.5, 0.6) is 0 Å². The molecule has 0 aliphatic carbocycles. The van der Waals surface area contributed by atoms with E-state index in [1.807, 2.05) is 18.2 Å². The minimum atomic E-state index is -0.715. The lowest BCUT2D eigenvalue weighted by Gasteiger charge is -2.24. The lowest BCUT2D eigenvalue weighted by Crippen LogP contribution is -2.44. The number of unbranched alkanes of at least 4 members (excludes halogenated alkanes) is 1. The van der Waals surface area contributed by atoms with Gasteiger partial charge in [-0.2, -0.15) is 0 Å². The first-order valence-electron chi connectivity index (χ1n) is 9.47. The highest BCUT2D eigenvalue weighted by Gasteiger charge is 2.39. The molecule has 0 unspecified atom stereocenters. The normalized spacial score (nSPS) is 19.6. The molecule has 1 atom stereocenters. The van der Waals surface area contributed by atoms with Crippen LogP contribution in [0.2, 0.25) is 0 Å². The van der Waals surface area contributed by atoms with E-state index in [4.69, 9.17) is 4.84 Å². The molecule has 0 saturated carbocycles. The average molecular weight is 372 g/mol. The predicted molar refractivity (Wildman–Crippen MR) is 95.9 cm³/mol. The fourth-order valence-electron chi connectivity index (χ4n) is 3.51. The standard InChI is InChI=1S/C20H24N2O5/c23-17(11-5-4-9-15-7-2-1-3-8-15)21-14-6-10-16(21)20(26)27-22-18(24)12-13-19(22)25/h1-3,7-8,16H,4-6,9-14H2/t16-/m0/s1. The maximum absolute atomic E-state index is 12.5. The van der Waals surface area contributed by atoms with Crippen molar-refractivity contribution in [2.45, 2.75) is 57.4 Å². The van der Waals surface area contributed by atoms with Gasteiger partial charge in [-0.15, -0.1) is 5.06 Å². The maximum Gasteiger partial charge on any atom is 0.355 e. The van der Waals surface area contributed by atoms with E-state index in [1.165, 1.54) is 10.5 Å². The van der Waals surface area contributed by atoms with Gasteiger partial charge >= 0.3 is 5.97 Å². The first-order valence-corrected chi connectivity index (χ1v) is 9.47. The monoisotopic (exact) mass is 372 g/mol. The zero-order chi connectivity index (χ0) is 19.2. The molecule has 2 fully saturated rings. The highest BCUT2D eigenvalue weighted by molar-refractivity contribution is 6.02. The van der Waals surface area contributed by atoms with E-state index in [0.29, 0.717) is 30.9 Å². The Morgan fingerprint density at radius 1 is 1.04 bits per heavy atom. The summed E-state index contributed by atoms with van der Waals surface area (Å²) >= 11 is 0. The zero-order valence-corrected chi connectivity index (χ0v) is 15.3. The molecule has 0 aromatic heterocycles. The zero-order valence-electron chi connectivity index (χ0n) is 15.3. The second kappa shape index (κ2) is 8.79. The summed E-state index contributed by atoms with van der Waals surface area (Å²) in [6.45, 7) is 0.499. The molecule has 7 nitrogen and oxygen atoms in total. The van der Waals surface area contributed by atoms with Crippen LogP contribution in [0.1, 0.15) is 50.5 Å². The van der Waals surface area contributed by atoms with Gasteiger partial charge in [-0.25, -0.2) is 4.79 Å². The second-order valence-corrected chi connectivity index (χ2v) is 6.93. The number of likely N-dealkylation sites (tertiary alicyclic amines) is 1. The highest BCUT2D eigenvalue weighted by Crippen LogP contribution is 2.22. The maximum atomic E-state index is 12.5. The molecule has 27 heavy (non-hydrogen) atoms. The number of carbonyl (C=O) groups is 4. The van der Waals surface area contributed by atoms with Gasteiger partial charge in [0.05, 0.1) is 0 Å². The van der Waals surface area contributed by atoms with Crippen LogP contribution in [0, 0.1) is 0 Å². The van der Waals surface area contributed by atoms with Crippen LogP contribution in [0.4, 0.5) is 0 Å². The van der Waals surface area contributed by atoms with Crippen molar-refractivity contribution in [2.75, 3.05) is 6.54 Å². The van der Waals surface area contributed by atoms with Gasteiger partial charge in [0, 0.05) is 25.8 Å². The van der Waals surface area contributed by atoms with Crippen LogP contribution < -0.4 is 0 Å². The van der Waals surface area contributed by atoms with Gasteiger partial charge in [-0.3, -0.25) is 14.4 Å². The molecule has 2 aliphatic rings. The van der Waals surface area contributed by atoms with Crippen molar-refractivity contribution in [3.63, 3.8) is 0 Å². The Hall–Kier alpha value is -2.70. The number of hydrogen-bond donors (Lipinski definition) is 0. The van der Waals surface area contributed by atoms with Crippen molar-refractivity contribution in [1.29, 1.82) is 0 Å². The number of nitrogens with zero attached hydrogens (tertiary/aromatic N) is 2. The van der Waals surface area contributed by atoms with Crippen molar-refractivity contribution in [3.8, 4) is 0 Å². The van der Waals surface area contributed by atoms with Gasteiger partial charge in [-0.1, -0.05) is 30.3 Å². The summed E-state index contributed by atoms with van der Waals surface area (Å²) in [5.41, 5.74) is 1.24. The summed E-state index contributed by atoms with van der Waals surface area (Å²) in [6, 6.07) is 9.38. The third-order valence-corrected chi connectivity index (χ3v) is 4.98. The van der Waals surface area contributed by atoms with E-state index in [9.17, 15) is 19.2 Å². The molecule has 0 radical (unpaired) electrons. The van der Waals surface area contributed by atoms with Crippen LogP contribution in [0.25, 0.3) is 0 Å². The number of imide groups is 1. The minimum absolute atomic E-state index is 0.0564. The van der Waals surface area contributed by atoms with Crippen molar-refractivity contribution in [1.82, 2.24) is 9.96 Å². The van der Waals surface area contributed by atoms with Crippen LogP contribution >= 0.6 is 0 Å². The molecule has 3 amide bonds. The van der Waals surface area contributed by atoms with Crippen LogP contribution in [-0.2, 0) is 30.4 Å². The molecule has 7 heteroatoms. The van der Waals surface area contributed by atoms with E-state index >= 15 is 0 Å². The lowest BCUT2D eigenvalue weighted by atomic mass is 10.1. The largest absolute Gasteiger partial charge is 0.355 e. The van der Waals surface area contributed by atoms with Crippen LogP contribution in [0.15, 0.2) is 30.3 Å². The van der Waals surface area contributed by atoms with E-state index in [1.54, 1.807) is 0 Å². The van der Waals surface area contributed by atoms with E-state index in [2.05, 4.69) is 12.1 Å². The third-order valence-electron chi connectivity index (χ3n) is 4.98. The number of amides is 3. The van der Waals surface area contributed by atoms with Crippen molar-refractivity contribution in [2.24, 2.45) is 0 Å². The molecule has 0 N–H and O–H groups in total. The molecule has 0 bridgehead atoms. The molecule has 0 spiro atoms. The molecule has 1 aromatic rings. The SMILES string of the molecule is O=C(ON1C(=O)CCC1=O)[C@@H]1CCCN1C(=O)CCCCc1ccccc1. The summed E-state index contributed by atoms with van der Waals surface area (Å²) in [5, 5.41) is 0.545. The lowest BCUT2D eigenvalue weighted by molar-refractivity contribution is -0.200. The topological polar surface area (TPSA) is 84.0 Å². The van der Waals surface area contributed by atoms with Gasteiger partial charge in [-0.05, 0) is 37.7 Å². The van der Waals surface area contributed by atoms with Gasteiger partial charge < -0.3 is 9.74 Å². The van der Waals surface area contributed by atoms with Crippen LogP contribution in [-0.4, -0.2) is 46.2 Å². The quantitative estimate of drug-likeness (QED) is 0.540. The fourth-order valence-corrected chi connectivity index (χ4v) is 3.51. The highest BCUT2D eigenvalue weighted by atomic mass is 16.7. The Morgan fingerprint density at radius 2 is 1.74 bits per heavy atom. The number of hydrogen-bond acceptors (Lipinski definition) is 5. The number of aryl methyl sites for hydroxylation is 1. The number of benzene rings is 1. The van der Waals surface area contributed by atoms with Gasteiger partial charge in [0.15, 0.2) is 0 Å². The van der Waals surface area contributed by atoms with Crippen molar-refractivity contribution in [3.05, 3.63) is 35.9 Å². The summed E-state index contributed by atoms with van der Waals surface area (Å²) in [7, 11) is 0. The minimum Gasteiger partial charge on any atom is -0.329 e. The van der Waals surface area contributed by atoms with Crippen molar-refractivity contribution >= 4 is 23.7 Å². The second-order valence-electron chi connectivity index (χ2n) is 6.93. The third kappa shape index (κ3) is 4.72. The molecule has 2 heterocycles. The Morgan fingerprint density at radius 3 is 2.44 bits per heavy atom. The van der Waals surface area contributed by atoms with E-state index in [0.717, 1.165) is 19.3 Å². The summed E-state index contributed by atoms with van der Waals surface area (Å²) in [5.74, 6) is -1.80. The van der Waals surface area contributed by atoms with E-state index in [-0.39, 0.29) is 18.7 Å².